The molecule has 0 bridgehead atoms. The van der Waals surface area contributed by atoms with Crippen LogP contribution in [0.3, 0.4) is 0 Å². The maximum Gasteiger partial charge on any atom is 0.346 e. The molecule has 1 aromatic heterocycles. The molecule has 18 heavy (non-hydrogen) atoms. The zero-order chi connectivity index (χ0) is 12.7. The lowest BCUT2D eigenvalue weighted by molar-refractivity contribution is 0.203. The van der Waals surface area contributed by atoms with Crippen molar-refractivity contribution in [3.63, 3.8) is 0 Å². The summed E-state index contributed by atoms with van der Waals surface area (Å²) in [5.41, 5.74) is 6.63. The fourth-order valence-corrected chi connectivity index (χ4v) is 2.36. The minimum absolute atomic E-state index is 0.242. The van der Waals surface area contributed by atoms with Crippen LogP contribution < -0.4 is 5.73 Å². The number of nitrogens with zero attached hydrogens (tertiary/aromatic N) is 3. The van der Waals surface area contributed by atoms with E-state index < -0.39 is 0 Å². The topological polar surface area (TPSA) is 71.6 Å². The highest BCUT2D eigenvalue weighted by Crippen LogP contribution is 2.34. The standard InChI is InChI=1S/C12H13BrN4O/c13-8-3-4-9(15-5-8)10-11(14)16-12(18)17(10)6-7-1-2-7/h3-5,7,10H,1-2,6H2,(H2,14,16,18). The highest BCUT2D eigenvalue weighted by Gasteiger charge is 2.38. The SMILES string of the molecule is NC1=NC(=O)N(CC2CC2)C1c1ccc(Br)cn1. The molecule has 0 saturated heterocycles. The van der Waals surface area contributed by atoms with Gasteiger partial charge in [-0.25, -0.2) is 4.79 Å². The van der Waals surface area contributed by atoms with Crippen LogP contribution in [0, 0.1) is 5.92 Å². The molecular formula is C12H13BrN4O. The molecule has 5 nitrogen and oxygen atoms in total. The van der Waals surface area contributed by atoms with Crippen molar-refractivity contribution in [1.82, 2.24) is 9.88 Å². The number of aliphatic imine (C=N–C) groups is 1. The van der Waals surface area contributed by atoms with E-state index in [0.717, 1.165) is 16.7 Å². The van der Waals surface area contributed by atoms with Crippen molar-refractivity contribution in [3.8, 4) is 0 Å². The highest BCUT2D eigenvalue weighted by atomic mass is 79.9. The number of carbonyl (C=O) groups excluding carboxylic acids is 1. The Balaban J connectivity index is 1.88. The van der Waals surface area contributed by atoms with Gasteiger partial charge in [-0.1, -0.05) is 0 Å². The normalized spacial score (nSPS) is 23.4. The Bertz CT molecular complexity index is 509. The zero-order valence-corrected chi connectivity index (χ0v) is 11.3. The van der Waals surface area contributed by atoms with Gasteiger partial charge in [0.05, 0.1) is 5.69 Å². The van der Waals surface area contributed by atoms with Crippen LogP contribution in [-0.4, -0.2) is 28.3 Å². The second kappa shape index (κ2) is 4.35. The Morgan fingerprint density at radius 3 is 2.83 bits per heavy atom. The van der Waals surface area contributed by atoms with Gasteiger partial charge in [0.2, 0.25) is 0 Å². The number of aromatic nitrogens is 1. The lowest BCUT2D eigenvalue weighted by atomic mass is 10.1. The first kappa shape index (κ1) is 11.6. The van der Waals surface area contributed by atoms with E-state index >= 15 is 0 Å². The van der Waals surface area contributed by atoms with Crippen molar-refractivity contribution in [2.45, 2.75) is 18.9 Å². The molecule has 0 aromatic carbocycles. The Hall–Kier alpha value is -1.43. The molecule has 2 aliphatic rings. The van der Waals surface area contributed by atoms with Crippen LogP contribution in [0.15, 0.2) is 27.8 Å². The van der Waals surface area contributed by atoms with Crippen LogP contribution in [0.4, 0.5) is 4.79 Å². The predicted octanol–water partition coefficient (Wildman–Crippen LogP) is 2.09. The van der Waals surface area contributed by atoms with Gasteiger partial charge >= 0.3 is 6.03 Å². The smallest absolute Gasteiger partial charge is 0.346 e. The van der Waals surface area contributed by atoms with Crippen molar-refractivity contribution in [2.24, 2.45) is 16.6 Å². The summed E-state index contributed by atoms with van der Waals surface area (Å²) in [4.78, 5) is 21.7. The summed E-state index contributed by atoms with van der Waals surface area (Å²) in [6, 6.07) is 3.23. The first-order valence-electron chi connectivity index (χ1n) is 5.91. The van der Waals surface area contributed by atoms with E-state index in [1.54, 1.807) is 11.1 Å². The summed E-state index contributed by atoms with van der Waals surface area (Å²) in [5.74, 6) is 0.948. The third-order valence-electron chi connectivity index (χ3n) is 3.24. The number of amides is 2. The van der Waals surface area contributed by atoms with E-state index in [-0.39, 0.29) is 12.1 Å². The number of nitrogens with two attached hydrogens (primary N) is 1. The fraction of sp³-hybridized carbons (Fsp3) is 0.417. The van der Waals surface area contributed by atoms with E-state index in [0.29, 0.717) is 11.8 Å². The molecule has 3 rings (SSSR count). The number of amidine groups is 1. The Morgan fingerprint density at radius 1 is 1.44 bits per heavy atom. The molecule has 1 aliphatic carbocycles. The van der Waals surface area contributed by atoms with Crippen molar-refractivity contribution in [2.75, 3.05) is 6.54 Å². The van der Waals surface area contributed by atoms with Crippen molar-refractivity contribution in [1.29, 1.82) is 0 Å². The van der Waals surface area contributed by atoms with Crippen LogP contribution in [0.5, 0.6) is 0 Å². The largest absolute Gasteiger partial charge is 0.385 e. The summed E-state index contributed by atoms with van der Waals surface area (Å²) in [7, 11) is 0. The zero-order valence-electron chi connectivity index (χ0n) is 9.71. The molecule has 2 amide bonds. The van der Waals surface area contributed by atoms with Gasteiger partial charge in [-0.3, -0.25) is 4.98 Å². The van der Waals surface area contributed by atoms with Crippen molar-refractivity contribution in [3.05, 3.63) is 28.5 Å². The van der Waals surface area contributed by atoms with Gasteiger partial charge in [-0.05, 0) is 46.8 Å². The molecule has 94 valence electrons. The maximum atomic E-state index is 11.8. The first-order valence-corrected chi connectivity index (χ1v) is 6.70. The van der Waals surface area contributed by atoms with Gasteiger partial charge in [0.15, 0.2) is 0 Å². The lowest BCUT2D eigenvalue weighted by Gasteiger charge is -2.23. The molecule has 1 aliphatic heterocycles. The second-order valence-electron chi connectivity index (χ2n) is 4.72. The van der Waals surface area contributed by atoms with Crippen LogP contribution in [0.25, 0.3) is 0 Å². The lowest BCUT2D eigenvalue weighted by Crippen LogP contribution is -2.35. The minimum atomic E-state index is -0.300. The van der Waals surface area contributed by atoms with Gasteiger partial charge in [0.1, 0.15) is 11.9 Å². The highest BCUT2D eigenvalue weighted by molar-refractivity contribution is 9.10. The molecule has 1 fully saturated rings. The molecule has 2 heterocycles. The quantitative estimate of drug-likeness (QED) is 0.929. The maximum absolute atomic E-state index is 11.8. The van der Waals surface area contributed by atoms with Crippen LogP contribution in [-0.2, 0) is 0 Å². The summed E-state index contributed by atoms with van der Waals surface area (Å²) in [6.45, 7) is 0.728. The Labute approximate surface area is 113 Å². The molecule has 1 unspecified atom stereocenters. The van der Waals surface area contributed by atoms with Gasteiger partial charge in [-0.2, -0.15) is 4.99 Å². The molecule has 0 spiro atoms. The predicted molar refractivity (Wildman–Crippen MR) is 71.1 cm³/mol. The average Bonchev–Trinajstić information content (AvgIpc) is 3.09. The van der Waals surface area contributed by atoms with Crippen LogP contribution in [0.1, 0.15) is 24.6 Å². The summed E-state index contributed by atoms with van der Waals surface area (Å²) >= 11 is 3.34. The Morgan fingerprint density at radius 2 is 2.22 bits per heavy atom. The summed E-state index contributed by atoms with van der Waals surface area (Å²) in [6.07, 6.45) is 4.08. The van der Waals surface area contributed by atoms with Crippen molar-refractivity contribution >= 4 is 27.8 Å². The molecular weight excluding hydrogens is 296 g/mol. The fourth-order valence-electron chi connectivity index (χ4n) is 2.13. The van der Waals surface area contributed by atoms with E-state index in [1.807, 2.05) is 12.1 Å². The molecule has 1 saturated carbocycles. The third-order valence-corrected chi connectivity index (χ3v) is 3.71. The van der Waals surface area contributed by atoms with Crippen LogP contribution in [0.2, 0.25) is 0 Å². The van der Waals surface area contributed by atoms with E-state index in [1.165, 1.54) is 12.8 Å². The van der Waals surface area contributed by atoms with Gasteiger partial charge < -0.3 is 10.6 Å². The third kappa shape index (κ3) is 2.12. The number of urea groups is 1. The number of halogens is 1. The van der Waals surface area contributed by atoms with E-state index in [2.05, 4.69) is 25.9 Å². The summed E-state index contributed by atoms with van der Waals surface area (Å²) < 4.78 is 0.903. The van der Waals surface area contributed by atoms with E-state index in [9.17, 15) is 4.79 Å². The molecule has 0 radical (unpaired) electrons. The summed E-state index contributed by atoms with van der Waals surface area (Å²) in [5, 5.41) is 0. The minimum Gasteiger partial charge on any atom is -0.385 e. The van der Waals surface area contributed by atoms with Crippen LogP contribution >= 0.6 is 15.9 Å². The first-order chi connectivity index (χ1) is 8.65. The molecule has 1 atom stereocenters. The molecule has 1 aromatic rings. The average molecular weight is 309 g/mol. The molecule has 6 heteroatoms. The number of rotatable bonds is 3. The van der Waals surface area contributed by atoms with Gasteiger partial charge in [0.25, 0.3) is 0 Å². The monoisotopic (exact) mass is 308 g/mol. The number of carbonyl (C=O) groups is 1. The number of pyridine rings is 1. The number of hydrogen-bond acceptors (Lipinski definition) is 3. The van der Waals surface area contributed by atoms with Crippen molar-refractivity contribution < 1.29 is 4.79 Å². The van der Waals surface area contributed by atoms with E-state index in [4.69, 9.17) is 5.73 Å². The second-order valence-corrected chi connectivity index (χ2v) is 5.63. The molecule has 2 N–H and O–H groups in total. The van der Waals surface area contributed by atoms with Gasteiger partial charge in [0, 0.05) is 17.2 Å². The number of hydrogen-bond donors (Lipinski definition) is 1. The Kier molecular flexibility index (Phi) is 2.81. The van der Waals surface area contributed by atoms with Gasteiger partial charge in [-0.15, -0.1) is 0 Å².